The van der Waals surface area contributed by atoms with Crippen molar-refractivity contribution < 1.29 is 9.53 Å². The van der Waals surface area contributed by atoms with Gasteiger partial charge in [-0.1, -0.05) is 17.7 Å². The normalized spacial score (nSPS) is 16.5. The van der Waals surface area contributed by atoms with E-state index in [1.165, 1.54) is 10.7 Å². The standard InChI is InChI=1S/C22H29ClN4O3/c1-3-30-13-5-11-24-22(29)17-6-4-12-26(15-17)20-9-10-21(28)27(25-20)18-8-7-16(2)19(23)14-18/h7-10,14,17H,3-6,11-13,15H2,1-2H3,(H,24,29)/t17-/m1/s1. The van der Waals surface area contributed by atoms with E-state index in [0.717, 1.165) is 31.4 Å². The van der Waals surface area contributed by atoms with Crippen LogP contribution in [0, 0.1) is 12.8 Å². The number of anilines is 1. The zero-order valence-electron chi connectivity index (χ0n) is 17.6. The SMILES string of the molecule is CCOCCCNC(=O)[C@@H]1CCCN(c2ccc(=O)n(-c3ccc(C)c(Cl)c3)n2)C1. The van der Waals surface area contributed by atoms with E-state index in [4.69, 9.17) is 16.3 Å². The summed E-state index contributed by atoms with van der Waals surface area (Å²) in [4.78, 5) is 27.0. The summed E-state index contributed by atoms with van der Waals surface area (Å²) in [5, 5.41) is 8.14. The van der Waals surface area contributed by atoms with Crippen LogP contribution in [0.3, 0.4) is 0 Å². The Balaban J connectivity index is 1.69. The number of halogens is 1. The predicted octanol–water partition coefficient (Wildman–Crippen LogP) is 2.95. The van der Waals surface area contributed by atoms with Crippen LogP contribution in [0.1, 0.15) is 31.7 Å². The molecule has 8 heteroatoms. The van der Waals surface area contributed by atoms with Crippen LogP contribution in [-0.4, -0.2) is 48.5 Å². The molecule has 0 radical (unpaired) electrons. The Labute approximate surface area is 182 Å². The summed E-state index contributed by atoms with van der Waals surface area (Å²) in [6, 6.07) is 8.66. The van der Waals surface area contributed by atoms with Gasteiger partial charge in [0.25, 0.3) is 5.56 Å². The van der Waals surface area contributed by atoms with Crippen LogP contribution < -0.4 is 15.8 Å². The van der Waals surface area contributed by atoms with Crippen LogP contribution >= 0.6 is 11.6 Å². The number of aromatic nitrogens is 2. The lowest BCUT2D eigenvalue weighted by atomic mass is 9.97. The first-order valence-corrected chi connectivity index (χ1v) is 10.8. The van der Waals surface area contributed by atoms with Gasteiger partial charge in [-0.2, -0.15) is 4.68 Å². The van der Waals surface area contributed by atoms with E-state index >= 15 is 0 Å². The molecule has 0 saturated carbocycles. The third-order valence-electron chi connectivity index (χ3n) is 5.27. The Bertz CT molecular complexity index is 931. The fraction of sp³-hybridized carbons (Fsp3) is 0.500. The van der Waals surface area contributed by atoms with Crippen LogP contribution in [-0.2, 0) is 9.53 Å². The molecule has 1 aliphatic rings. The van der Waals surface area contributed by atoms with Crippen molar-refractivity contribution in [2.75, 3.05) is 37.7 Å². The molecule has 2 aromatic rings. The lowest BCUT2D eigenvalue weighted by molar-refractivity contribution is -0.125. The Hall–Kier alpha value is -2.38. The molecule has 0 aliphatic carbocycles. The maximum absolute atomic E-state index is 12.6. The number of piperidine rings is 1. The van der Waals surface area contributed by atoms with Crippen molar-refractivity contribution in [2.24, 2.45) is 5.92 Å². The van der Waals surface area contributed by atoms with Crippen molar-refractivity contribution in [3.63, 3.8) is 0 Å². The highest BCUT2D eigenvalue weighted by atomic mass is 35.5. The van der Waals surface area contributed by atoms with Crippen LogP contribution in [0.2, 0.25) is 5.02 Å². The number of carbonyl (C=O) groups is 1. The number of hydrogen-bond acceptors (Lipinski definition) is 5. The molecule has 1 N–H and O–H groups in total. The Morgan fingerprint density at radius 1 is 1.33 bits per heavy atom. The zero-order valence-corrected chi connectivity index (χ0v) is 18.3. The molecule has 1 amide bonds. The first kappa shape index (κ1) is 22.3. The number of hydrogen-bond donors (Lipinski definition) is 1. The lowest BCUT2D eigenvalue weighted by Crippen LogP contribution is -2.44. The Morgan fingerprint density at radius 2 is 2.17 bits per heavy atom. The van der Waals surface area contributed by atoms with Crippen molar-refractivity contribution >= 4 is 23.3 Å². The summed E-state index contributed by atoms with van der Waals surface area (Å²) < 4.78 is 6.66. The highest BCUT2D eigenvalue weighted by molar-refractivity contribution is 6.31. The molecule has 1 atom stereocenters. The number of amides is 1. The lowest BCUT2D eigenvalue weighted by Gasteiger charge is -2.33. The Morgan fingerprint density at radius 3 is 2.93 bits per heavy atom. The van der Waals surface area contributed by atoms with Crippen LogP contribution in [0.25, 0.3) is 5.69 Å². The summed E-state index contributed by atoms with van der Waals surface area (Å²) in [5.74, 6) is 0.650. The van der Waals surface area contributed by atoms with E-state index in [1.54, 1.807) is 12.1 Å². The number of aryl methyl sites for hydroxylation is 1. The smallest absolute Gasteiger partial charge is 0.271 e. The highest BCUT2D eigenvalue weighted by Crippen LogP contribution is 2.22. The van der Waals surface area contributed by atoms with Gasteiger partial charge in [-0.15, -0.1) is 5.10 Å². The van der Waals surface area contributed by atoms with Crippen molar-refractivity contribution in [1.29, 1.82) is 0 Å². The van der Waals surface area contributed by atoms with Gasteiger partial charge < -0.3 is 15.0 Å². The highest BCUT2D eigenvalue weighted by Gasteiger charge is 2.26. The first-order chi connectivity index (χ1) is 14.5. The summed E-state index contributed by atoms with van der Waals surface area (Å²) in [7, 11) is 0. The summed E-state index contributed by atoms with van der Waals surface area (Å²) in [6.07, 6.45) is 2.55. The van der Waals surface area contributed by atoms with Crippen LogP contribution in [0.5, 0.6) is 0 Å². The molecule has 3 rings (SSSR count). The van der Waals surface area contributed by atoms with Crippen molar-refractivity contribution in [3.8, 4) is 5.69 Å². The molecule has 2 heterocycles. The van der Waals surface area contributed by atoms with Gasteiger partial charge in [0, 0.05) is 43.9 Å². The minimum atomic E-state index is -0.223. The second-order valence-corrected chi connectivity index (χ2v) is 7.91. The average Bonchev–Trinajstić information content (AvgIpc) is 2.76. The monoisotopic (exact) mass is 432 g/mol. The van der Waals surface area contributed by atoms with Gasteiger partial charge in [-0.25, -0.2) is 0 Å². The van der Waals surface area contributed by atoms with E-state index in [-0.39, 0.29) is 17.4 Å². The van der Waals surface area contributed by atoms with Gasteiger partial charge in [0.15, 0.2) is 0 Å². The number of nitrogens with zero attached hydrogens (tertiary/aromatic N) is 3. The van der Waals surface area contributed by atoms with Crippen LogP contribution in [0.15, 0.2) is 35.1 Å². The number of rotatable bonds is 8. The van der Waals surface area contributed by atoms with E-state index in [9.17, 15) is 9.59 Å². The molecule has 30 heavy (non-hydrogen) atoms. The molecule has 162 valence electrons. The Kier molecular flexibility index (Phi) is 7.87. The number of ether oxygens (including phenoxy) is 1. The molecule has 0 spiro atoms. The topological polar surface area (TPSA) is 76.5 Å². The first-order valence-electron chi connectivity index (χ1n) is 10.5. The van der Waals surface area contributed by atoms with Gasteiger partial charge in [0.2, 0.25) is 5.91 Å². The van der Waals surface area contributed by atoms with E-state index in [2.05, 4.69) is 15.3 Å². The summed E-state index contributed by atoms with van der Waals surface area (Å²) >= 11 is 6.22. The second kappa shape index (κ2) is 10.6. The third kappa shape index (κ3) is 5.61. The second-order valence-electron chi connectivity index (χ2n) is 7.50. The van der Waals surface area contributed by atoms with Crippen molar-refractivity contribution in [1.82, 2.24) is 15.1 Å². The van der Waals surface area contributed by atoms with Crippen LogP contribution in [0.4, 0.5) is 5.82 Å². The van der Waals surface area contributed by atoms with Gasteiger partial charge >= 0.3 is 0 Å². The molecule has 1 aromatic heterocycles. The fourth-order valence-electron chi connectivity index (χ4n) is 3.54. The predicted molar refractivity (Wildman–Crippen MR) is 119 cm³/mol. The van der Waals surface area contributed by atoms with Crippen molar-refractivity contribution in [3.05, 3.63) is 51.3 Å². The molecular weight excluding hydrogens is 404 g/mol. The largest absolute Gasteiger partial charge is 0.382 e. The molecule has 7 nitrogen and oxygen atoms in total. The maximum Gasteiger partial charge on any atom is 0.271 e. The van der Waals surface area contributed by atoms with E-state index in [1.807, 2.05) is 26.0 Å². The van der Waals surface area contributed by atoms with Gasteiger partial charge in [-0.3, -0.25) is 9.59 Å². The fourth-order valence-corrected chi connectivity index (χ4v) is 3.72. The molecule has 0 bridgehead atoms. The summed E-state index contributed by atoms with van der Waals surface area (Å²) in [5.41, 5.74) is 1.34. The van der Waals surface area contributed by atoms with Gasteiger partial charge in [0.05, 0.1) is 11.6 Å². The molecule has 1 fully saturated rings. The quantitative estimate of drug-likeness (QED) is 0.649. The van der Waals surface area contributed by atoms with Gasteiger partial charge in [0.1, 0.15) is 5.82 Å². The molecule has 0 unspecified atom stereocenters. The third-order valence-corrected chi connectivity index (χ3v) is 5.68. The van der Waals surface area contributed by atoms with Gasteiger partial charge in [-0.05, 0) is 56.9 Å². The number of carbonyl (C=O) groups excluding carboxylic acids is 1. The number of nitrogens with one attached hydrogen (secondary N) is 1. The number of benzene rings is 1. The minimum Gasteiger partial charge on any atom is -0.382 e. The minimum absolute atomic E-state index is 0.0647. The summed E-state index contributed by atoms with van der Waals surface area (Å²) in [6.45, 7) is 7.21. The zero-order chi connectivity index (χ0) is 21.5. The van der Waals surface area contributed by atoms with E-state index in [0.29, 0.717) is 42.8 Å². The molecule has 1 aliphatic heterocycles. The molecule has 1 saturated heterocycles. The average molecular weight is 433 g/mol. The van der Waals surface area contributed by atoms with E-state index < -0.39 is 0 Å². The maximum atomic E-state index is 12.6. The molecular formula is C22H29ClN4O3. The molecule has 1 aromatic carbocycles. The van der Waals surface area contributed by atoms with Crippen molar-refractivity contribution in [2.45, 2.75) is 33.1 Å².